The average molecular weight is 216 g/mol. The number of methoxy groups -OCH3 is 1. The SMILES string of the molecule is COc1cccc(-n2ccnc2C(C)=O)c1. The van der Waals surface area contributed by atoms with Gasteiger partial charge in [0.2, 0.25) is 0 Å². The Bertz CT molecular complexity index is 517. The van der Waals surface area contributed by atoms with Gasteiger partial charge in [-0.3, -0.25) is 9.36 Å². The molecule has 0 saturated heterocycles. The number of rotatable bonds is 3. The summed E-state index contributed by atoms with van der Waals surface area (Å²) in [6.07, 6.45) is 3.36. The zero-order valence-corrected chi connectivity index (χ0v) is 9.18. The minimum absolute atomic E-state index is 0.0622. The fraction of sp³-hybridized carbons (Fsp3) is 0.167. The van der Waals surface area contributed by atoms with E-state index < -0.39 is 0 Å². The molecule has 0 spiro atoms. The van der Waals surface area contributed by atoms with Crippen LogP contribution in [0, 0.1) is 0 Å². The van der Waals surface area contributed by atoms with Gasteiger partial charge in [-0.15, -0.1) is 0 Å². The lowest BCUT2D eigenvalue weighted by atomic mass is 10.3. The molecule has 1 heterocycles. The monoisotopic (exact) mass is 216 g/mol. The van der Waals surface area contributed by atoms with Gasteiger partial charge in [0.15, 0.2) is 11.6 Å². The highest BCUT2D eigenvalue weighted by molar-refractivity contribution is 5.91. The molecule has 0 fully saturated rings. The average Bonchev–Trinajstić information content (AvgIpc) is 2.78. The van der Waals surface area contributed by atoms with Crippen molar-refractivity contribution < 1.29 is 9.53 Å². The quantitative estimate of drug-likeness (QED) is 0.738. The molecule has 4 nitrogen and oxygen atoms in total. The van der Waals surface area contributed by atoms with Crippen molar-refractivity contribution in [2.75, 3.05) is 7.11 Å². The Morgan fingerprint density at radius 1 is 1.44 bits per heavy atom. The number of hydrogen-bond donors (Lipinski definition) is 0. The highest BCUT2D eigenvalue weighted by Crippen LogP contribution is 2.17. The van der Waals surface area contributed by atoms with Crippen LogP contribution in [0.15, 0.2) is 36.7 Å². The summed E-state index contributed by atoms with van der Waals surface area (Å²) in [6.45, 7) is 1.50. The molecule has 0 bridgehead atoms. The van der Waals surface area contributed by atoms with Crippen LogP contribution in [0.4, 0.5) is 0 Å². The van der Waals surface area contributed by atoms with Crippen molar-refractivity contribution in [3.8, 4) is 11.4 Å². The first-order valence-corrected chi connectivity index (χ1v) is 4.91. The van der Waals surface area contributed by atoms with Gasteiger partial charge in [0.25, 0.3) is 0 Å². The summed E-state index contributed by atoms with van der Waals surface area (Å²) in [7, 11) is 1.61. The normalized spacial score (nSPS) is 10.1. The lowest BCUT2D eigenvalue weighted by Crippen LogP contribution is -2.05. The van der Waals surface area contributed by atoms with E-state index in [1.165, 1.54) is 6.92 Å². The molecule has 4 heteroatoms. The van der Waals surface area contributed by atoms with Crippen molar-refractivity contribution in [2.24, 2.45) is 0 Å². The van der Waals surface area contributed by atoms with Gasteiger partial charge in [0.05, 0.1) is 12.8 Å². The maximum Gasteiger partial charge on any atom is 0.195 e. The molecular formula is C12H12N2O2. The maximum absolute atomic E-state index is 11.3. The molecule has 0 aliphatic heterocycles. The minimum atomic E-state index is -0.0622. The second kappa shape index (κ2) is 4.18. The van der Waals surface area contributed by atoms with Crippen LogP contribution in [-0.4, -0.2) is 22.4 Å². The predicted molar refractivity (Wildman–Crippen MR) is 60.1 cm³/mol. The minimum Gasteiger partial charge on any atom is -0.497 e. The van der Waals surface area contributed by atoms with Gasteiger partial charge in [-0.1, -0.05) is 6.07 Å². The number of hydrogen-bond acceptors (Lipinski definition) is 3. The fourth-order valence-corrected chi connectivity index (χ4v) is 1.53. The van der Waals surface area contributed by atoms with Crippen molar-refractivity contribution in [3.05, 3.63) is 42.5 Å². The summed E-state index contributed by atoms with van der Waals surface area (Å²) in [4.78, 5) is 15.4. The summed E-state index contributed by atoms with van der Waals surface area (Å²) in [6, 6.07) is 7.48. The third kappa shape index (κ3) is 1.82. The van der Waals surface area contributed by atoms with Crippen LogP contribution < -0.4 is 4.74 Å². The van der Waals surface area contributed by atoms with Gasteiger partial charge in [-0.2, -0.15) is 0 Å². The molecule has 0 atom stereocenters. The molecule has 2 aromatic rings. The zero-order valence-electron chi connectivity index (χ0n) is 9.18. The first-order valence-electron chi connectivity index (χ1n) is 4.91. The number of carbonyl (C=O) groups is 1. The molecule has 0 saturated carbocycles. The second-order valence-electron chi connectivity index (χ2n) is 3.38. The number of carbonyl (C=O) groups excluding carboxylic acids is 1. The maximum atomic E-state index is 11.3. The highest BCUT2D eigenvalue weighted by Gasteiger charge is 2.09. The molecule has 0 amide bonds. The number of Topliss-reactive ketones (excluding diaryl/α,β-unsaturated/α-hetero) is 1. The van der Waals surface area contributed by atoms with Crippen LogP contribution in [-0.2, 0) is 0 Å². The molecule has 82 valence electrons. The van der Waals surface area contributed by atoms with E-state index in [0.717, 1.165) is 11.4 Å². The number of aromatic nitrogens is 2. The smallest absolute Gasteiger partial charge is 0.195 e. The van der Waals surface area contributed by atoms with Gasteiger partial charge in [-0.25, -0.2) is 4.98 Å². The van der Waals surface area contributed by atoms with E-state index in [1.807, 2.05) is 24.3 Å². The Labute approximate surface area is 93.5 Å². The van der Waals surface area contributed by atoms with Crippen molar-refractivity contribution in [1.29, 1.82) is 0 Å². The van der Waals surface area contributed by atoms with E-state index in [1.54, 1.807) is 24.1 Å². The molecule has 0 unspecified atom stereocenters. The van der Waals surface area contributed by atoms with Gasteiger partial charge in [-0.05, 0) is 12.1 Å². The van der Waals surface area contributed by atoms with Gasteiger partial charge >= 0.3 is 0 Å². The Kier molecular flexibility index (Phi) is 2.72. The molecule has 0 N–H and O–H groups in total. The number of imidazole rings is 1. The number of benzene rings is 1. The summed E-state index contributed by atoms with van der Waals surface area (Å²) in [5.74, 6) is 1.11. The highest BCUT2D eigenvalue weighted by atomic mass is 16.5. The van der Waals surface area contributed by atoms with E-state index in [9.17, 15) is 4.79 Å². The van der Waals surface area contributed by atoms with Gasteiger partial charge < -0.3 is 4.74 Å². The second-order valence-corrected chi connectivity index (χ2v) is 3.38. The predicted octanol–water partition coefficient (Wildman–Crippen LogP) is 2.08. The van der Waals surface area contributed by atoms with Gasteiger partial charge in [0.1, 0.15) is 5.75 Å². The van der Waals surface area contributed by atoms with E-state index in [0.29, 0.717) is 5.82 Å². The lowest BCUT2D eigenvalue weighted by Gasteiger charge is -2.07. The first-order chi connectivity index (χ1) is 7.72. The Balaban J connectivity index is 2.50. The van der Waals surface area contributed by atoms with Crippen LogP contribution >= 0.6 is 0 Å². The largest absolute Gasteiger partial charge is 0.497 e. The van der Waals surface area contributed by atoms with Crippen LogP contribution in [0.3, 0.4) is 0 Å². The molecular weight excluding hydrogens is 204 g/mol. The molecule has 16 heavy (non-hydrogen) atoms. The summed E-state index contributed by atoms with van der Waals surface area (Å²) >= 11 is 0. The number of nitrogens with zero attached hydrogens (tertiary/aromatic N) is 2. The Hall–Kier alpha value is -2.10. The van der Waals surface area contributed by atoms with Gasteiger partial charge in [0, 0.05) is 25.4 Å². The van der Waals surface area contributed by atoms with E-state index >= 15 is 0 Å². The Morgan fingerprint density at radius 2 is 2.25 bits per heavy atom. The first kappa shape index (κ1) is 10.4. The van der Waals surface area contributed by atoms with E-state index in [4.69, 9.17) is 4.74 Å². The molecule has 0 aliphatic rings. The molecule has 0 aliphatic carbocycles. The van der Waals surface area contributed by atoms with Crippen LogP contribution in [0.25, 0.3) is 5.69 Å². The zero-order chi connectivity index (χ0) is 11.5. The number of ether oxygens (including phenoxy) is 1. The number of ketones is 1. The van der Waals surface area contributed by atoms with E-state index in [-0.39, 0.29) is 5.78 Å². The van der Waals surface area contributed by atoms with Crippen molar-refractivity contribution >= 4 is 5.78 Å². The molecule has 1 aromatic heterocycles. The van der Waals surface area contributed by atoms with Crippen LogP contribution in [0.5, 0.6) is 5.75 Å². The molecule has 0 radical (unpaired) electrons. The van der Waals surface area contributed by atoms with Crippen molar-refractivity contribution in [2.45, 2.75) is 6.92 Å². The molecule has 2 rings (SSSR count). The summed E-state index contributed by atoms with van der Waals surface area (Å²) < 4.78 is 6.88. The standard InChI is InChI=1S/C12H12N2O2/c1-9(15)12-13-6-7-14(12)10-4-3-5-11(8-10)16-2/h3-8H,1-2H3. The Morgan fingerprint density at radius 3 is 2.94 bits per heavy atom. The third-order valence-corrected chi connectivity index (χ3v) is 2.29. The van der Waals surface area contributed by atoms with Crippen LogP contribution in [0.2, 0.25) is 0 Å². The van der Waals surface area contributed by atoms with Crippen molar-refractivity contribution in [3.63, 3.8) is 0 Å². The lowest BCUT2D eigenvalue weighted by molar-refractivity contribution is 0.100. The van der Waals surface area contributed by atoms with E-state index in [2.05, 4.69) is 4.98 Å². The third-order valence-electron chi connectivity index (χ3n) is 2.29. The summed E-state index contributed by atoms with van der Waals surface area (Å²) in [5, 5.41) is 0. The topological polar surface area (TPSA) is 44.1 Å². The summed E-state index contributed by atoms with van der Waals surface area (Å²) in [5.41, 5.74) is 0.863. The van der Waals surface area contributed by atoms with Crippen molar-refractivity contribution in [1.82, 2.24) is 9.55 Å². The fourth-order valence-electron chi connectivity index (χ4n) is 1.53. The molecule has 1 aromatic carbocycles. The van der Waals surface area contributed by atoms with Crippen LogP contribution in [0.1, 0.15) is 17.5 Å².